The smallest absolute Gasteiger partial charge is 0.338 e. The standard InChI is InChI=1S/C20H20ClN3O2/c1-3-26-19(25)16-17(13-7-5-4-6-8-13)23-20(22-2)24-18(16)14-9-11-15(21)12-10-14/h4-12,18H,3H2,1-2H3,(H2,22,23,24). The van der Waals surface area contributed by atoms with E-state index in [0.29, 0.717) is 28.9 Å². The molecule has 0 saturated carbocycles. The normalized spacial score (nSPS) is 18.3. The van der Waals surface area contributed by atoms with Crippen molar-refractivity contribution in [3.8, 4) is 0 Å². The van der Waals surface area contributed by atoms with Crippen LogP contribution in [0.5, 0.6) is 0 Å². The van der Waals surface area contributed by atoms with Gasteiger partial charge >= 0.3 is 5.97 Å². The van der Waals surface area contributed by atoms with E-state index < -0.39 is 6.04 Å². The van der Waals surface area contributed by atoms with Crippen LogP contribution in [0.3, 0.4) is 0 Å². The van der Waals surface area contributed by atoms with Crippen LogP contribution < -0.4 is 10.6 Å². The maximum atomic E-state index is 12.8. The third-order valence-electron chi connectivity index (χ3n) is 4.07. The zero-order chi connectivity index (χ0) is 18.5. The molecular weight excluding hydrogens is 350 g/mol. The molecule has 0 spiro atoms. The largest absolute Gasteiger partial charge is 0.463 e. The molecule has 1 unspecified atom stereocenters. The minimum absolute atomic E-state index is 0.298. The lowest BCUT2D eigenvalue weighted by Gasteiger charge is -2.31. The highest BCUT2D eigenvalue weighted by molar-refractivity contribution is 6.30. The zero-order valence-electron chi connectivity index (χ0n) is 14.6. The van der Waals surface area contributed by atoms with E-state index in [1.54, 1.807) is 26.1 Å². The fraction of sp³-hybridized carbons (Fsp3) is 0.200. The molecule has 0 amide bonds. The molecule has 2 N–H and O–H groups in total. The summed E-state index contributed by atoms with van der Waals surface area (Å²) in [5, 5.41) is 7.11. The van der Waals surface area contributed by atoms with Gasteiger partial charge in [-0.3, -0.25) is 4.99 Å². The van der Waals surface area contributed by atoms with Gasteiger partial charge < -0.3 is 15.4 Å². The van der Waals surface area contributed by atoms with E-state index >= 15 is 0 Å². The first kappa shape index (κ1) is 18.0. The van der Waals surface area contributed by atoms with E-state index in [1.165, 1.54) is 0 Å². The second-order valence-electron chi connectivity index (χ2n) is 5.70. The van der Waals surface area contributed by atoms with E-state index in [1.807, 2.05) is 42.5 Å². The summed E-state index contributed by atoms with van der Waals surface area (Å²) in [6, 6.07) is 16.6. The lowest BCUT2D eigenvalue weighted by Crippen LogP contribution is -2.46. The second-order valence-corrected chi connectivity index (χ2v) is 6.14. The summed E-state index contributed by atoms with van der Waals surface area (Å²) in [5.41, 5.74) is 2.97. The van der Waals surface area contributed by atoms with Crippen molar-refractivity contribution in [3.05, 3.63) is 76.3 Å². The van der Waals surface area contributed by atoms with Gasteiger partial charge in [0.15, 0.2) is 5.96 Å². The molecule has 0 aromatic heterocycles. The van der Waals surface area contributed by atoms with E-state index in [4.69, 9.17) is 16.3 Å². The predicted octanol–water partition coefficient (Wildman–Crippen LogP) is 3.53. The minimum atomic E-state index is -0.401. The molecule has 3 rings (SSSR count). The van der Waals surface area contributed by atoms with Gasteiger partial charge in [0.25, 0.3) is 0 Å². The summed E-state index contributed by atoms with van der Waals surface area (Å²) in [5.74, 6) is 0.207. The summed E-state index contributed by atoms with van der Waals surface area (Å²) in [7, 11) is 1.69. The predicted molar refractivity (Wildman–Crippen MR) is 104 cm³/mol. The van der Waals surface area contributed by atoms with Crippen molar-refractivity contribution in [2.75, 3.05) is 13.7 Å². The van der Waals surface area contributed by atoms with Crippen molar-refractivity contribution in [1.29, 1.82) is 0 Å². The highest BCUT2D eigenvalue weighted by atomic mass is 35.5. The third kappa shape index (κ3) is 3.73. The van der Waals surface area contributed by atoms with Gasteiger partial charge in [0.2, 0.25) is 0 Å². The number of benzene rings is 2. The Labute approximate surface area is 157 Å². The maximum Gasteiger partial charge on any atom is 0.338 e. The number of esters is 1. The van der Waals surface area contributed by atoms with Crippen LogP contribution in [0.15, 0.2) is 65.2 Å². The van der Waals surface area contributed by atoms with Crippen LogP contribution >= 0.6 is 11.6 Å². The number of carbonyl (C=O) groups is 1. The molecule has 5 nitrogen and oxygen atoms in total. The summed E-state index contributed by atoms with van der Waals surface area (Å²) >= 11 is 6.02. The molecule has 134 valence electrons. The van der Waals surface area contributed by atoms with Crippen molar-refractivity contribution in [2.45, 2.75) is 13.0 Å². The van der Waals surface area contributed by atoms with Crippen molar-refractivity contribution in [2.24, 2.45) is 4.99 Å². The molecular formula is C20H20ClN3O2. The van der Waals surface area contributed by atoms with Crippen molar-refractivity contribution in [1.82, 2.24) is 10.6 Å². The first-order valence-electron chi connectivity index (χ1n) is 8.36. The average Bonchev–Trinajstić information content (AvgIpc) is 2.68. The molecule has 1 aliphatic rings. The lowest BCUT2D eigenvalue weighted by atomic mass is 9.92. The van der Waals surface area contributed by atoms with Gasteiger partial charge in [-0.2, -0.15) is 0 Å². The monoisotopic (exact) mass is 369 g/mol. The Bertz CT molecular complexity index is 845. The maximum absolute atomic E-state index is 12.8. The molecule has 1 atom stereocenters. The minimum Gasteiger partial charge on any atom is -0.463 e. The number of ether oxygens (including phenoxy) is 1. The van der Waals surface area contributed by atoms with Crippen molar-refractivity contribution < 1.29 is 9.53 Å². The number of halogens is 1. The number of nitrogens with one attached hydrogen (secondary N) is 2. The van der Waals surface area contributed by atoms with Gasteiger partial charge in [-0.05, 0) is 30.2 Å². The number of carbonyl (C=O) groups excluding carboxylic acids is 1. The van der Waals surface area contributed by atoms with Gasteiger partial charge in [-0.1, -0.05) is 54.1 Å². The van der Waals surface area contributed by atoms with Crippen LogP contribution in [-0.2, 0) is 9.53 Å². The Morgan fingerprint density at radius 3 is 2.46 bits per heavy atom. The Balaban J connectivity index is 2.19. The number of nitrogens with zero attached hydrogens (tertiary/aromatic N) is 1. The summed E-state index contributed by atoms with van der Waals surface area (Å²) in [6.07, 6.45) is 0. The van der Waals surface area contributed by atoms with Crippen LogP contribution in [0.1, 0.15) is 24.1 Å². The lowest BCUT2D eigenvalue weighted by molar-refractivity contribution is -0.138. The molecule has 0 radical (unpaired) electrons. The van der Waals surface area contributed by atoms with Gasteiger partial charge in [-0.15, -0.1) is 0 Å². The topological polar surface area (TPSA) is 62.7 Å². The second kappa shape index (κ2) is 8.06. The SMILES string of the molecule is CCOC(=O)C1=C(c2ccccc2)NC(=NC)NC1c1ccc(Cl)cc1. The fourth-order valence-electron chi connectivity index (χ4n) is 2.86. The van der Waals surface area contributed by atoms with Gasteiger partial charge in [0.1, 0.15) is 0 Å². The molecule has 0 bridgehead atoms. The van der Waals surface area contributed by atoms with E-state index in [2.05, 4.69) is 15.6 Å². The van der Waals surface area contributed by atoms with E-state index in [9.17, 15) is 4.79 Å². The quantitative estimate of drug-likeness (QED) is 0.809. The number of guanidine groups is 1. The zero-order valence-corrected chi connectivity index (χ0v) is 15.4. The Morgan fingerprint density at radius 2 is 1.85 bits per heavy atom. The number of rotatable bonds is 4. The van der Waals surface area contributed by atoms with Crippen LogP contribution in [0, 0.1) is 0 Å². The molecule has 1 aliphatic heterocycles. The molecule has 0 aliphatic carbocycles. The third-order valence-corrected chi connectivity index (χ3v) is 4.32. The Hall–Kier alpha value is -2.79. The summed E-state index contributed by atoms with van der Waals surface area (Å²) in [6.45, 7) is 2.09. The van der Waals surface area contributed by atoms with Gasteiger partial charge in [-0.25, -0.2) is 4.79 Å². The van der Waals surface area contributed by atoms with Crippen LogP contribution in [0.2, 0.25) is 5.02 Å². The molecule has 1 heterocycles. The Morgan fingerprint density at radius 1 is 1.15 bits per heavy atom. The average molecular weight is 370 g/mol. The van der Waals surface area contributed by atoms with Crippen molar-refractivity contribution >= 4 is 29.2 Å². The first-order valence-corrected chi connectivity index (χ1v) is 8.74. The highest BCUT2D eigenvalue weighted by Gasteiger charge is 2.33. The molecule has 26 heavy (non-hydrogen) atoms. The molecule has 2 aromatic rings. The molecule has 6 heteroatoms. The molecule has 0 saturated heterocycles. The van der Waals surface area contributed by atoms with Gasteiger partial charge in [0, 0.05) is 12.1 Å². The van der Waals surface area contributed by atoms with Crippen molar-refractivity contribution in [3.63, 3.8) is 0 Å². The number of aliphatic imine (C=N–C) groups is 1. The van der Waals surface area contributed by atoms with Crippen LogP contribution in [0.4, 0.5) is 0 Å². The number of hydrogen-bond donors (Lipinski definition) is 2. The highest BCUT2D eigenvalue weighted by Crippen LogP contribution is 2.32. The molecule has 2 aromatic carbocycles. The van der Waals surface area contributed by atoms with Crippen LogP contribution in [0.25, 0.3) is 5.70 Å². The van der Waals surface area contributed by atoms with Gasteiger partial charge in [0.05, 0.1) is 23.9 Å². The Kier molecular flexibility index (Phi) is 5.58. The summed E-state index contributed by atoms with van der Waals surface area (Å²) < 4.78 is 5.33. The van der Waals surface area contributed by atoms with Crippen LogP contribution in [-0.4, -0.2) is 25.6 Å². The first-order chi connectivity index (χ1) is 12.6. The number of hydrogen-bond acceptors (Lipinski definition) is 3. The van der Waals surface area contributed by atoms with E-state index in [-0.39, 0.29) is 5.97 Å². The molecule has 0 fully saturated rings. The van der Waals surface area contributed by atoms with E-state index in [0.717, 1.165) is 11.1 Å². The summed E-state index contributed by atoms with van der Waals surface area (Å²) in [4.78, 5) is 17.0. The fourth-order valence-corrected chi connectivity index (χ4v) is 2.99.